The summed E-state index contributed by atoms with van der Waals surface area (Å²) < 4.78 is 1.92. The number of aryl methyl sites for hydroxylation is 2. The van der Waals surface area contributed by atoms with Gasteiger partial charge in [0.1, 0.15) is 6.33 Å². The van der Waals surface area contributed by atoms with Crippen molar-refractivity contribution in [2.75, 3.05) is 5.32 Å². The van der Waals surface area contributed by atoms with Gasteiger partial charge in [-0.3, -0.25) is 10.1 Å². The van der Waals surface area contributed by atoms with E-state index in [9.17, 15) is 10.1 Å². The predicted molar refractivity (Wildman–Crippen MR) is 70.9 cm³/mol. The van der Waals surface area contributed by atoms with E-state index in [-0.39, 0.29) is 5.69 Å². The van der Waals surface area contributed by atoms with Crippen LogP contribution in [0.3, 0.4) is 0 Å². The Balaban J connectivity index is 2.15. The minimum Gasteiger partial charge on any atom is -0.377 e. The molecule has 0 aliphatic heterocycles. The highest BCUT2D eigenvalue weighted by Gasteiger charge is 2.09. The van der Waals surface area contributed by atoms with E-state index in [0.29, 0.717) is 6.54 Å². The minimum atomic E-state index is -0.404. The molecule has 1 heterocycles. The highest BCUT2D eigenvalue weighted by atomic mass is 16.6. The fraction of sp³-hybridized carbons (Fsp3) is 0.333. The maximum absolute atomic E-state index is 10.7. The number of anilines is 1. The lowest BCUT2D eigenvalue weighted by Gasteiger charge is -2.09. The number of nitro groups is 1. The lowest BCUT2D eigenvalue weighted by atomic mass is 10.2. The smallest absolute Gasteiger partial charge is 0.271 e. The van der Waals surface area contributed by atoms with Crippen molar-refractivity contribution in [1.82, 2.24) is 14.8 Å². The molecule has 100 valence electrons. The third-order valence-corrected chi connectivity index (χ3v) is 2.91. The Morgan fingerprint density at radius 1 is 1.47 bits per heavy atom. The number of nitro benzene ring substituents is 1. The predicted octanol–water partition coefficient (Wildman–Crippen LogP) is 2.13. The van der Waals surface area contributed by atoms with Crippen LogP contribution in [0.2, 0.25) is 0 Å². The number of hydrogen-bond acceptors (Lipinski definition) is 5. The normalized spacial score (nSPS) is 10.4. The molecule has 7 nitrogen and oxygen atoms in total. The SMILES string of the molecule is CCn1cnnc1CNc1cc([N+](=O)[O-])ccc1C. The molecule has 0 fully saturated rings. The highest BCUT2D eigenvalue weighted by molar-refractivity contribution is 5.56. The van der Waals surface area contributed by atoms with Crippen molar-refractivity contribution < 1.29 is 4.92 Å². The topological polar surface area (TPSA) is 85.9 Å². The van der Waals surface area contributed by atoms with Crippen molar-refractivity contribution in [2.45, 2.75) is 26.9 Å². The van der Waals surface area contributed by atoms with Gasteiger partial charge in [-0.25, -0.2) is 0 Å². The monoisotopic (exact) mass is 261 g/mol. The van der Waals surface area contributed by atoms with Gasteiger partial charge in [0.15, 0.2) is 5.82 Å². The van der Waals surface area contributed by atoms with Crippen LogP contribution in [0, 0.1) is 17.0 Å². The molecule has 1 N–H and O–H groups in total. The standard InChI is InChI=1S/C12H15N5O2/c1-3-16-8-14-15-12(16)7-13-11-6-10(17(18)19)5-4-9(11)2/h4-6,8,13H,3,7H2,1-2H3. The van der Waals surface area contributed by atoms with Crippen LogP contribution in [0.4, 0.5) is 11.4 Å². The highest BCUT2D eigenvalue weighted by Crippen LogP contribution is 2.22. The van der Waals surface area contributed by atoms with Crippen LogP contribution in [0.1, 0.15) is 18.3 Å². The summed E-state index contributed by atoms with van der Waals surface area (Å²) in [5.74, 6) is 0.799. The van der Waals surface area contributed by atoms with Gasteiger partial charge in [-0.2, -0.15) is 0 Å². The molecule has 1 aromatic heterocycles. The van der Waals surface area contributed by atoms with Crippen molar-refractivity contribution in [3.8, 4) is 0 Å². The van der Waals surface area contributed by atoms with E-state index in [1.807, 2.05) is 18.4 Å². The second kappa shape index (κ2) is 5.47. The molecule has 0 bridgehead atoms. The zero-order chi connectivity index (χ0) is 13.8. The maximum atomic E-state index is 10.7. The Morgan fingerprint density at radius 3 is 2.95 bits per heavy atom. The molecular weight excluding hydrogens is 246 g/mol. The van der Waals surface area contributed by atoms with Crippen LogP contribution in [0.15, 0.2) is 24.5 Å². The van der Waals surface area contributed by atoms with Crippen LogP contribution in [0.5, 0.6) is 0 Å². The zero-order valence-corrected chi connectivity index (χ0v) is 10.8. The summed E-state index contributed by atoms with van der Waals surface area (Å²) in [6.07, 6.45) is 1.66. The average Bonchev–Trinajstić information content (AvgIpc) is 2.85. The number of aromatic nitrogens is 3. The Bertz CT molecular complexity index is 594. The first-order valence-electron chi connectivity index (χ1n) is 5.97. The van der Waals surface area contributed by atoms with E-state index < -0.39 is 4.92 Å². The van der Waals surface area contributed by atoms with Crippen molar-refractivity contribution in [1.29, 1.82) is 0 Å². The van der Waals surface area contributed by atoms with Gasteiger partial charge in [0, 0.05) is 24.4 Å². The molecule has 19 heavy (non-hydrogen) atoms. The first-order valence-corrected chi connectivity index (χ1v) is 5.97. The minimum absolute atomic E-state index is 0.0741. The number of benzene rings is 1. The van der Waals surface area contributed by atoms with Crippen LogP contribution >= 0.6 is 0 Å². The van der Waals surface area contributed by atoms with Gasteiger partial charge >= 0.3 is 0 Å². The molecule has 0 unspecified atom stereocenters. The molecule has 0 spiro atoms. The average molecular weight is 261 g/mol. The fourth-order valence-corrected chi connectivity index (χ4v) is 1.77. The Labute approximate surface area is 110 Å². The fourth-order valence-electron chi connectivity index (χ4n) is 1.77. The molecule has 1 aromatic carbocycles. The molecule has 2 rings (SSSR count). The summed E-state index contributed by atoms with van der Waals surface area (Å²) in [7, 11) is 0. The molecule has 2 aromatic rings. The van der Waals surface area contributed by atoms with Gasteiger partial charge in [0.05, 0.1) is 11.5 Å². The van der Waals surface area contributed by atoms with Crippen LogP contribution in [0.25, 0.3) is 0 Å². The lowest BCUT2D eigenvalue weighted by Crippen LogP contribution is -2.08. The summed E-state index contributed by atoms with van der Waals surface area (Å²) in [6.45, 7) is 5.18. The molecule has 0 atom stereocenters. The van der Waals surface area contributed by atoms with Crippen molar-refractivity contribution in [2.24, 2.45) is 0 Å². The van der Waals surface area contributed by atoms with Gasteiger partial charge in [0.2, 0.25) is 0 Å². The lowest BCUT2D eigenvalue weighted by molar-refractivity contribution is -0.384. The van der Waals surface area contributed by atoms with Crippen molar-refractivity contribution in [3.05, 3.63) is 46.0 Å². The Hall–Kier alpha value is -2.44. The largest absolute Gasteiger partial charge is 0.377 e. The third-order valence-electron chi connectivity index (χ3n) is 2.91. The molecule has 0 aliphatic carbocycles. The quantitative estimate of drug-likeness (QED) is 0.658. The second-order valence-electron chi connectivity index (χ2n) is 4.14. The summed E-state index contributed by atoms with van der Waals surface area (Å²) in [6, 6.07) is 4.75. The van der Waals surface area contributed by atoms with E-state index in [0.717, 1.165) is 23.6 Å². The summed E-state index contributed by atoms with van der Waals surface area (Å²) in [5, 5.41) is 21.8. The molecule has 0 saturated carbocycles. The molecule has 0 radical (unpaired) electrons. The number of hydrogen-bond donors (Lipinski definition) is 1. The van der Waals surface area contributed by atoms with Crippen LogP contribution in [-0.4, -0.2) is 19.7 Å². The Morgan fingerprint density at radius 2 is 2.26 bits per heavy atom. The molecule has 0 saturated heterocycles. The van der Waals surface area contributed by atoms with E-state index in [4.69, 9.17) is 0 Å². The van der Waals surface area contributed by atoms with Gasteiger partial charge in [-0.15, -0.1) is 10.2 Å². The van der Waals surface area contributed by atoms with Gasteiger partial charge in [-0.05, 0) is 19.4 Å². The van der Waals surface area contributed by atoms with Gasteiger partial charge in [-0.1, -0.05) is 6.07 Å². The summed E-state index contributed by atoms with van der Waals surface area (Å²) >= 11 is 0. The molecule has 0 aliphatic rings. The number of rotatable bonds is 5. The Kier molecular flexibility index (Phi) is 3.74. The van der Waals surface area contributed by atoms with E-state index in [2.05, 4.69) is 15.5 Å². The maximum Gasteiger partial charge on any atom is 0.271 e. The van der Waals surface area contributed by atoms with Gasteiger partial charge in [0.25, 0.3) is 5.69 Å². The summed E-state index contributed by atoms with van der Waals surface area (Å²) in [4.78, 5) is 10.3. The number of nitrogens with zero attached hydrogens (tertiary/aromatic N) is 4. The van der Waals surface area contributed by atoms with Gasteiger partial charge < -0.3 is 9.88 Å². The first kappa shape index (κ1) is 13.0. The zero-order valence-electron chi connectivity index (χ0n) is 10.8. The van der Waals surface area contributed by atoms with E-state index >= 15 is 0 Å². The molecule has 7 heteroatoms. The van der Waals surface area contributed by atoms with E-state index in [1.165, 1.54) is 12.1 Å². The van der Waals surface area contributed by atoms with Crippen LogP contribution < -0.4 is 5.32 Å². The summed E-state index contributed by atoms with van der Waals surface area (Å²) in [5.41, 5.74) is 1.76. The number of non-ortho nitro benzene ring substituents is 1. The van der Waals surface area contributed by atoms with Crippen LogP contribution in [-0.2, 0) is 13.1 Å². The molecular formula is C12H15N5O2. The van der Waals surface area contributed by atoms with Crippen molar-refractivity contribution in [3.63, 3.8) is 0 Å². The number of nitrogens with one attached hydrogen (secondary N) is 1. The second-order valence-corrected chi connectivity index (χ2v) is 4.14. The first-order chi connectivity index (χ1) is 9.11. The van der Waals surface area contributed by atoms with Crippen molar-refractivity contribution >= 4 is 11.4 Å². The van der Waals surface area contributed by atoms with E-state index in [1.54, 1.807) is 12.4 Å². The third kappa shape index (κ3) is 2.87. The molecule has 0 amide bonds.